The van der Waals surface area contributed by atoms with Gasteiger partial charge in [0.05, 0.1) is 5.56 Å². The highest BCUT2D eigenvalue weighted by atomic mass is 79.9. The number of hydrogen-bond donors (Lipinski definition) is 1. The van der Waals surface area contributed by atoms with E-state index in [-0.39, 0.29) is 0 Å². The summed E-state index contributed by atoms with van der Waals surface area (Å²) >= 11 is 3.50. The molecule has 0 unspecified atom stereocenters. The lowest BCUT2D eigenvalue weighted by molar-refractivity contribution is 0.0696. The minimum absolute atomic E-state index is 0.331. The maximum Gasteiger partial charge on any atom is 0.335 e. The van der Waals surface area contributed by atoms with Crippen LogP contribution in [0.15, 0.2) is 22.7 Å². The maximum atomic E-state index is 11.0. The van der Waals surface area contributed by atoms with Crippen LogP contribution >= 0.6 is 15.9 Å². The molecular formula is C17H24BrNO2. The highest BCUT2D eigenvalue weighted by molar-refractivity contribution is 9.10. The Bertz CT molecular complexity index is 514. The average Bonchev–Trinajstić information content (AvgIpc) is 2.40. The van der Waals surface area contributed by atoms with Gasteiger partial charge in [0, 0.05) is 11.0 Å². The fourth-order valence-electron chi connectivity index (χ4n) is 3.01. The van der Waals surface area contributed by atoms with Crippen molar-refractivity contribution < 1.29 is 9.90 Å². The molecule has 1 aromatic rings. The lowest BCUT2D eigenvalue weighted by atomic mass is 9.75. The molecule has 0 spiro atoms. The van der Waals surface area contributed by atoms with Crippen LogP contribution in [0.25, 0.3) is 0 Å². The van der Waals surface area contributed by atoms with Crippen molar-refractivity contribution in [2.45, 2.75) is 40.2 Å². The molecule has 1 saturated heterocycles. The Balaban J connectivity index is 1.96. The quantitative estimate of drug-likeness (QED) is 0.874. The highest BCUT2D eigenvalue weighted by Gasteiger charge is 2.28. The number of hydrogen-bond acceptors (Lipinski definition) is 2. The third-order valence-corrected chi connectivity index (χ3v) is 5.24. The number of carbonyl (C=O) groups is 1. The number of carboxylic acids is 1. The normalized spacial score (nSPS) is 17.9. The molecule has 0 aromatic heterocycles. The summed E-state index contributed by atoms with van der Waals surface area (Å²) in [6.07, 6.45) is 2.49. The van der Waals surface area contributed by atoms with Crippen molar-refractivity contribution in [3.8, 4) is 0 Å². The van der Waals surface area contributed by atoms with Crippen molar-refractivity contribution >= 4 is 21.9 Å². The summed E-state index contributed by atoms with van der Waals surface area (Å²) in [5, 5.41) is 9.00. The van der Waals surface area contributed by atoms with Crippen LogP contribution in [-0.2, 0) is 6.54 Å². The van der Waals surface area contributed by atoms with Crippen LogP contribution in [0.4, 0.5) is 0 Å². The summed E-state index contributed by atoms with van der Waals surface area (Å²) in [5.74, 6) is -0.0835. The van der Waals surface area contributed by atoms with Gasteiger partial charge in [0.1, 0.15) is 0 Å². The molecular weight excluding hydrogens is 330 g/mol. The number of carboxylic acid groups (broad SMARTS) is 1. The minimum atomic E-state index is -0.881. The number of halogens is 1. The lowest BCUT2D eigenvalue weighted by Crippen LogP contribution is -2.37. The number of nitrogens with zero attached hydrogens (tertiary/aromatic N) is 1. The van der Waals surface area contributed by atoms with Crippen LogP contribution in [0.5, 0.6) is 0 Å². The number of rotatable bonds is 3. The van der Waals surface area contributed by atoms with E-state index in [1.807, 2.05) is 6.07 Å². The van der Waals surface area contributed by atoms with Gasteiger partial charge in [0.25, 0.3) is 0 Å². The molecule has 1 heterocycles. The van der Waals surface area contributed by atoms with Crippen molar-refractivity contribution in [2.24, 2.45) is 11.3 Å². The van der Waals surface area contributed by atoms with E-state index in [9.17, 15) is 4.79 Å². The van der Waals surface area contributed by atoms with Gasteiger partial charge in [-0.05, 0) is 55.0 Å². The van der Waals surface area contributed by atoms with Gasteiger partial charge >= 0.3 is 5.97 Å². The van der Waals surface area contributed by atoms with Crippen molar-refractivity contribution in [1.82, 2.24) is 4.90 Å². The van der Waals surface area contributed by atoms with E-state index in [2.05, 4.69) is 41.6 Å². The highest BCUT2D eigenvalue weighted by Crippen LogP contribution is 2.34. The first-order valence-corrected chi connectivity index (χ1v) is 8.31. The molecule has 3 nitrogen and oxygen atoms in total. The van der Waals surface area contributed by atoms with Gasteiger partial charge in [0.2, 0.25) is 0 Å². The number of aromatic carboxylic acids is 1. The van der Waals surface area contributed by atoms with E-state index >= 15 is 0 Å². The third-order valence-electron chi connectivity index (χ3n) is 4.51. The Labute approximate surface area is 135 Å². The zero-order chi connectivity index (χ0) is 15.6. The van der Waals surface area contributed by atoms with Crippen LogP contribution in [0.2, 0.25) is 0 Å². The Hall–Kier alpha value is -0.870. The SMILES string of the molecule is CC(C)(C)C1CCN(Cc2ccc(C(=O)O)cc2Br)CC1. The molecule has 0 amide bonds. The molecule has 0 bridgehead atoms. The van der Waals surface area contributed by atoms with E-state index in [1.54, 1.807) is 12.1 Å². The monoisotopic (exact) mass is 353 g/mol. The number of benzene rings is 1. The van der Waals surface area contributed by atoms with E-state index in [0.29, 0.717) is 11.0 Å². The molecule has 2 rings (SSSR count). The Morgan fingerprint density at radius 2 is 1.95 bits per heavy atom. The molecule has 116 valence electrons. The first kappa shape index (κ1) is 16.5. The largest absolute Gasteiger partial charge is 0.478 e. The first-order chi connectivity index (χ1) is 9.77. The van der Waals surface area contributed by atoms with Crippen LogP contribution in [0.3, 0.4) is 0 Å². The summed E-state index contributed by atoms with van der Waals surface area (Å²) in [4.78, 5) is 13.4. The second kappa shape index (κ2) is 6.49. The summed E-state index contributed by atoms with van der Waals surface area (Å²) in [7, 11) is 0. The Morgan fingerprint density at radius 3 is 2.43 bits per heavy atom. The predicted octanol–water partition coefficient (Wildman–Crippen LogP) is 4.41. The molecule has 0 aliphatic carbocycles. The number of piperidine rings is 1. The standard InChI is InChI=1S/C17H24BrNO2/c1-17(2,3)14-6-8-19(9-7-14)11-13-5-4-12(16(20)21)10-15(13)18/h4-5,10,14H,6-9,11H2,1-3H3,(H,20,21). The predicted molar refractivity (Wildman–Crippen MR) is 88.6 cm³/mol. The fraction of sp³-hybridized carbons (Fsp3) is 0.588. The van der Waals surface area contributed by atoms with E-state index in [4.69, 9.17) is 5.11 Å². The molecule has 1 aromatic carbocycles. The van der Waals surface area contributed by atoms with E-state index in [0.717, 1.165) is 35.6 Å². The van der Waals surface area contributed by atoms with Crippen LogP contribution in [0, 0.1) is 11.3 Å². The van der Waals surface area contributed by atoms with Crippen molar-refractivity contribution in [1.29, 1.82) is 0 Å². The van der Waals surface area contributed by atoms with Gasteiger partial charge in [-0.25, -0.2) is 4.79 Å². The van der Waals surface area contributed by atoms with Crippen molar-refractivity contribution in [2.75, 3.05) is 13.1 Å². The molecule has 4 heteroatoms. The van der Waals surface area contributed by atoms with Gasteiger partial charge in [-0.2, -0.15) is 0 Å². The summed E-state index contributed by atoms with van der Waals surface area (Å²) < 4.78 is 0.889. The molecule has 0 radical (unpaired) electrons. The molecule has 1 aliphatic heterocycles. The Morgan fingerprint density at radius 1 is 1.33 bits per heavy atom. The fourth-order valence-corrected chi connectivity index (χ4v) is 3.51. The van der Waals surface area contributed by atoms with Crippen LogP contribution in [0.1, 0.15) is 49.5 Å². The molecule has 1 fully saturated rings. The van der Waals surface area contributed by atoms with E-state index < -0.39 is 5.97 Å². The smallest absolute Gasteiger partial charge is 0.335 e. The van der Waals surface area contributed by atoms with Gasteiger partial charge in [0.15, 0.2) is 0 Å². The first-order valence-electron chi connectivity index (χ1n) is 7.51. The lowest BCUT2D eigenvalue weighted by Gasteiger charge is -2.38. The zero-order valence-electron chi connectivity index (χ0n) is 13.0. The van der Waals surface area contributed by atoms with Crippen molar-refractivity contribution in [3.63, 3.8) is 0 Å². The van der Waals surface area contributed by atoms with Crippen molar-refractivity contribution in [3.05, 3.63) is 33.8 Å². The topological polar surface area (TPSA) is 40.5 Å². The summed E-state index contributed by atoms with van der Waals surface area (Å²) in [6.45, 7) is 10.1. The van der Waals surface area contributed by atoms with Gasteiger partial charge < -0.3 is 5.11 Å². The second-order valence-electron chi connectivity index (χ2n) is 7.03. The molecule has 0 atom stereocenters. The van der Waals surface area contributed by atoms with Crippen LogP contribution in [-0.4, -0.2) is 29.1 Å². The molecule has 1 aliphatic rings. The second-order valence-corrected chi connectivity index (χ2v) is 7.88. The molecule has 0 saturated carbocycles. The minimum Gasteiger partial charge on any atom is -0.478 e. The maximum absolute atomic E-state index is 11.0. The third kappa shape index (κ3) is 4.30. The molecule has 21 heavy (non-hydrogen) atoms. The van der Waals surface area contributed by atoms with E-state index in [1.165, 1.54) is 12.8 Å². The Kier molecular flexibility index (Phi) is 5.10. The number of likely N-dealkylation sites (tertiary alicyclic amines) is 1. The van der Waals surface area contributed by atoms with Crippen LogP contribution < -0.4 is 0 Å². The molecule has 1 N–H and O–H groups in total. The summed E-state index contributed by atoms with van der Waals surface area (Å²) in [5.41, 5.74) is 1.89. The zero-order valence-corrected chi connectivity index (χ0v) is 14.6. The van der Waals surface area contributed by atoms with Gasteiger partial charge in [-0.3, -0.25) is 4.90 Å². The average molecular weight is 354 g/mol. The summed E-state index contributed by atoms with van der Waals surface area (Å²) in [6, 6.07) is 5.30. The van der Waals surface area contributed by atoms with Gasteiger partial charge in [-0.15, -0.1) is 0 Å². The van der Waals surface area contributed by atoms with Gasteiger partial charge in [-0.1, -0.05) is 42.8 Å².